The summed E-state index contributed by atoms with van der Waals surface area (Å²) in [6.45, 7) is 11.0. The second kappa shape index (κ2) is 8.37. The number of rotatable bonds is 7. The Bertz CT molecular complexity index is 1270. The molecule has 35 heavy (non-hydrogen) atoms. The van der Waals surface area contributed by atoms with Crippen LogP contribution in [0.3, 0.4) is 0 Å². The molecule has 0 aromatic heterocycles. The lowest BCUT2D eigenvalue weighted by Gasteiger charge is -2.37. The highest BCUT2D eigenvalue weighted by Gasteiger charge is 2.52. The molecule has 182 valence electrons. The summed E-state index contributed by atoms with van der Waals surface area (Å²) in [5, 5.41) is 0. The average Bonchev–Trinajstić information content (AvgIpc) is 3.26. The van der Waals surface area contributed by atoms with Crippen LogP contribution in [0.1, 0.15) is 47.6 Å². The molecular formula is C31H33FO3. The number of fused-ring (bicyclic) bond motifs is 3. The Balaban J connectivity index is 1.18. The van der Waals surface area contributed by atoms with E-state index in [1.54, 1.807) is 6.07 Å². The fourth-order valence-corrected chi connectivity index (χ4v) is 6.06. The van der Waals surface area contributed by atoms with Gasteiger partial charge in [0, 0.05) is 11.0 Å². The zero-order valence-electron chi connectivity index (χ0n) is 21.0. The molecule has 3 aromatic rings. The Hall–Kier alpha value is -2.85. The SMILES string of the molecule is Cc1cc(OCC2(C)COC2)cc(C)c1-c1ccc(F)c(COc2ccc3c(c2)C[C@H]2[C@H](C)[C@@H]32)c1. The second-order valence-corrected chi connectivity index (χ2v) is 11.2. The summed E-state index contributed by atoms with van der Waals surface area (Å²) in [4.78, 5) is 0. The van der Waals surface area contributed by atoms with Crippen LogP contribution >= 0.6 is 0 Å². The molecule has 1 saturated carbocycles. The van der Waals surface area contributed by atoms with Gasteiger partial charge in [0.2, 0.25) is 0 Å². The van der Waals surface area contributed by atoms with E-state index in [1.165, 1.54) is 11.1 Å². The number of ether oxygens (including phenoxy) is 3. The molecule has 0 spiro atoms. The molecule has 3 aliphatic rings. The van der Waals surface area contributed by atoms with Crippen LogP contribution in [-0.2, 0) is 17.8 Å². The highest BCUT2D eigenvalue weighted by molar-refractivity contribution is 5.72. The minimum atomic E-state index is -0.240. The third kappa shape index (κ3) is 4.12. The largest absolute Gasteiger partial charge is 0.493 e. The standard InChI is InChI=1S/C31H33FO3/c1-18-9-25(35-17-31(4)15-33-16-31)10-19(2)29(18)21-5-8-28(32)23(11-21)14-34-24-6-7-26-22(12-24)13-27-20(3)30(26)27/h5-12,20,27,30H,13-17H2,1-4H3/t20-,27-,30-/m0/s1. The summed E-state index contributed by atoms with van der Waals surface area (Å²) >= 11 is 0. The first kappa shape index (κ1) is 22.6. The summed E-state index contributed by atoms with van der Waals surface area (Å²) in [6, 6.07) is 15.9. The van der Waals surface area contributed by atoms with Gasteiger partial charge in [-0.1, -0.05) is 26.0 Å². The van der Waals surface area contributed by atoms with Gasteiger partial charge < -0.3 is 14.2 Å². The van der Waals surface area contributed by atoms with E-state index in [0.717, 1.165) is 71.1 Å². The van der Waals surface area contributed by atoms with Crippen molar-refractivity contribution in [2.75, 3.05) is 19.8 Å². The van der Waals surface area contributed by atoms with Gasteiger partial charge in [0.25, 0.3) is 0 Å². The molecule has 1 aliphatic heterocycles. The van der Waals surface area contributed by atoms with Gasteiger partial charge in [-0.2, -0.15) is 0 Å². The molecular weight excluding hydrogens is 439 g/mol. The van der Waals surface area contributed by atoms with Crippen LogP contribution < -0.4 is 9.47 Å². The lowest BCUT2D eigenvalue weighted by molar-refractivity contribution is -0.120. The zero-order chi connectivity index (χ0) is 24.3. The van der Waals surface area contributed by atoms with Gasteiger partial charge >= 0.3 is 0 Å². The van der Waals surface area contributed by atoms with Crippen LogP contribution in [0, 0.1) is 36.9 Å². The maximum absolute atomic E-state index is 14.7. The van der Waals surface area contributed by atoms with Gasteiger partial charge in [0.15, 0.2) is 0 Å². The second-order valence-electron chi connectivity index (χ2n) is 11.2. The van der Waals surface area contributed by atoms with Crippen LogP contribution in [0.15, 0.2) is 48.5 Å². The molecule has 2 fully saturated rings. The van der Waals surface area contributed by atoms with E-state index in [2.05, 4.69) is 52.0 Å². The number of halogens is 1. The predicted molar refractivity (Wildman–Crippen MR) is 136 cm³/mol. The third-order valence-corrected chi connectivity index (χ3v) is 8.21. The van der Waals surface area contributed by atoms with Crippen molar-refractivity contribution in [3.05, 3.63) is 82.2 Å². The first-order valence-corrected chi connectivity index (χ1v) is 12.7. The van der Waals surface area contributed by atoms with Crippen molar-refractivity contribution in [2.45, 2.75) is 46.6 Å². The Labute approximate surface area is 207 Å². The van der Waals surface area contributed by atoms with Crippen molar-refractivity contribution in [1.82, 2.24) is 0 Å². The molecule has 0 N–H and O–H groups in total. The Morgan fingerprint density at radius 2 is 1.74 bits per heavy atom. The van der Waals surface area contributed by atoms with Gasteiger partial charge in [0.05, 0.1) is 19.8 Å². The molecule has 3 atom stereocenters. The monoisotopic (exact) mass is 472 g/mol. The number of benzene rings is 3. The Morgan fingerprint density at radius 3 is 2.46 bits per heavy atom. The van der Waals surface area contributed by atoms with Gasteiger partial charge in [-0.15, -0.1) is 0 Å². The van der Waals surface area contributed by atoms with Crippen LogP contribution in [0.5, 0.6) is 11.5 Å². The van der Waals surface area contributed by atoms with Crippen molar-refractivity contribution in [2.24, 2.45) is 17.3 Å². The molecule has 4 heteroatoms. The summed E-state index contributed by atoms with van der Waals surface area (Å²) in [7, 11) is 0. The first-order valence-electron chi connectivity index (χ1n) is 12.7. The summed E-state index contributed by atoms with van der Waals surface area (Å²) in [5.41, 5.74) is 7.88. The topological polar surface area (TPSA) is 27.7 Å². The maximum Gasteiger partial charge on any atom is 0.129 e. The van der Waals surface area contributed by atoms with Crippen LogP contribution in [0.25, 0.3) is 11.1 Å². The molecule has 1 saturated heterocycles. The highest BCUT2D eigenvalue weighted by Crippen LogP contribution is 2.61. The number of hydrogen-bond donors (Lipinski definition) is 0. The van der Waals surface area contributed by atoms with Gasteiger partial charge in [0.1, 0.15) is 23.9 Å². The summed E-state index contributed by atoms with van der Waals surface area (Å²) in [5.74, 6) is 3.82. The van der Waals surface area contributed by atoms with Gasteiger partial charge in [-0.3, -0.25) is 0 Å². The van der Waals surface area contributed by atoms with Crippen LogP contribution in [-0.4, -0.2) is 19.8 Å². The molecule has 2 aliphatic carbocycles. The lowest BCUT2D eigenvalue weighted by atomic mass is 9.90. The third-order valence-electron chi connectivity index (χ3n) is 8.21. The molecule has 1 heterocycles. The van der Waals surface area contributed by atoms with Crippen molar-refractivity contribution < 1.29 is 18.6 Å². The van der Waals surface area contributed by atoms with E-state index in [1.807, 2.05) is 18.2 Å². The minimum Gasteiger partial charge on any atom is -0.493 e. The quantitative estimate of drug-likeness (QED) is 0.370. The zero-order valence-corrected chi connectivity index (χ0v) is 21.0. The molecule has 3 nitrogen and oxygen atoms in total. The lowest BCUT2D eigenvalue weighted by Crippen LogP contribution is -2.44. The molecule has 0 radical (unpaired) electrons. The van der Waals surface area contributed by atoms with E-state index in [0.29, 0.717) is 12.2 Å². The van der Waals surface area contributed by atoms with E-state index in [9.17, 15) is 4.39 Å². The maximum atomic E-state index is 14.7. The van der Waals surface area contributed by atoms with E-state index >= 15 is 0 Å². The van der Waals surface area contributed by atoms with E-state index in [4.69, 9.17) is 14.2 Å². The van der Waals surface area contributed by atoms with Crippen molar-refractivity contribution in [3.8, 4) is 22.6 Å². The summed E-state index contributed by atoms with van der Waals surface area (Å²) < 4.78 is 32.2. The van der Waals surface area contributed by atoms with E-state index in [-0.39, 0.29) is 17.8 Å². The molecule has 0 unspecified atom stereocenters. The van der Waals surface area contributed by atoms with Crippen molar-refractivity contribution in [3.63, 3.8) is 0 Å². The smallest absolute Gasteiger partial charge is 0.129 e. The first-order chi connectivity index (χ1) is 16.8. The van der Waals surface area contributed by atoms with E-state index < -0.39 is 0 Å². The Morgan fingerprint density at radius 1 is 0.971 bits per heavy atom. The average molecular weight is 473 g/mol. The normalized spacial score (nSPS) is 23.3. The fraction of sp³-hybridized carbons (Fsp3) is 0.419. The van der Waals surface area contributed by atoms with Crippen LogP contribution in [0.4, 0.5) is 4.39 Å². The molecule has 0 bridgehead atoms. The number of hydrogen-bond acceptors (Lipinski definition) is 3. The van der Waals surface area contributed by atoms with Crippen LogP contribution in [0.2, 0.25) is 0 Å². The fourth-order valence-electron chi connectivity index (χ4n) is 6.06. The van der Waals surface area contributed by atoms with Crippen molar-refractivity contribution in [1.29, 1.82) is 0 Å². The van der Waals surface area contributed by atoms with Gasteiger partial charge in [-0.25, -0.2) is 4.39 Å². The Kier molecular flexibility index (Phi) is 5.41. The van der Waals surface area contributed by atoms with Crippen molar-refractivity contribution >= 4 is 0 Å². The predicted octanol–water partition coefficient (Wildman–Crippen LogP) is 7.01. The minimum absolute atomic E-state index is 0.101. The highest BCUT2D eigenvalue weighted by atomic mass is 19.1. The number of aryl methyl sites for hydroxylation is 2. The summed E-state index contributed by atoms with van der Waals surface area (Å²) in [6.07, 6.45) is 1.15. The van der Waals surface area contributed by atoms with Gasteiger partial charge in [-0.05, 0) is 108 Å². The molecule has 6 rings (SSSR count). The molecule has 3 aromatic carbocycles. The molecule has 0 amide bonds.